The molecule has 0 aliphatic rings. The van der Waals surface area contributed by atoms with Gasteiger partial charge >= 0.3 is 5.97 Å². The van der Waals surface area contributed by atoms with Crippen molar-refractivity contribution >= 4 is 11.5 Å². The summed E-state index contributed by atoms with van der Waals surface area (Å²) in [6.07, 6.45) is 1.06. The third-order valence-corrected chi connectivity index (χ3v) is 1.95. The topological polar surface area (TPSA) is 35.5 Å². The van der Waals surface area contributed by atoms with E-state index in [9.17, 15) is 13.6 Å². The molecule has 0 N–H and O–H groups in total. The Bertz CT molecular complexity index is 441. The molecule has 0 radical (unpaired) electrons. The van der Waals surface area contributed by atoms with Crippen molar-refractivity contribution < 1.29 is 23.0 Å². The van der Waals surface area contributed by atoms with Gasteiger partial charge in [0.1, 0.15) is 17.2 Å². The van der Waals surface area contributed by atoms with Crippen LogP contribution in [0.2, 0.25) is 0 Å². The van der Waals surface area contributed by atoms with Crippen molar-refractivity contribution in [3.05, 3.63) is 41.7 Å². The number of benzene rings is 1. The monoisotopic (exact) mass is 242 g/mol. The SMILES string of the molecule is CCOC(=O)/C(=C\OC)c1ccc(F)cc1F. The maximum absolute atomic E-state index is 13.5. The number of esters is 1. The lowest BCUT2D eigenvalue weighted by Gasteiger charge is -2.07. The Morgan fingerprint density at radius 1 is 1.41 bits per heavy atom. The molecule has 0 heterocycles. The van der Waals surface area contributed by atoms with Crippen LogP contribution in [0.3, 0.4) is 0 Å². The fraction of sp³-hybridized carbons (Fsp3) is 0.250. The van der Waals surface area contributed by atoms with Crippen LogP contribution in [0, 0.1) is 11.6 Å². The molecule has 0 aliphatic carbocycles. The molecule has 1 rings (SSSR count). The Morgan fingerprint density at radius 2 is 2.12 bits per heavy atom. The number of hydrogen-bond acceptors (Lipinski definition) is 3. The summed E-state index contributed by atoms with van der Waals surface area (Å²) < 4.78 is 35.7. The average Bonchev–Trinajstić information content (AvgIpc) is 2.27. The number of rotatable bonds is 4. The predicted molar refractivity (Wildman–Crippen MR) is 58.0 cm³/mol. The summed E-state index contributed by atoms with van der Waals surface area (Å²) in [4.78, 5) is 11.5. The van der Waals surface area contributed by atoms with Crippen LogP contribution in [-0.4, -0.2) is 19.7 Å². The smallest absolute Gasteiger partial charge is 0.341 e. The highest BCUT2D eigenvalue weighted by atomic mass is 19.1. The molecule has 5 heteroatoms. The normalized spacial score (nSPS) is 11.2. The van der Waals surface area contributed by atoms with Crippen molar-refractivity contribution in [1.82, 2.24) is 0 Å². The van der Waals surface area contributed by atoms with Gasteiger partial charge in [0, 0.05) is 11.6 Å². The van der Waals surface area contributed by atoms with E-state index in [1.165, 1.54) is 7.11 Å². The molecule has 0 spiro atoms. The van der Waals surface area contributed by atoms with Gasteiger partial charge in [0.25, 0.3) is 0 Å². The largest absolute Gasteiger partial charge is 0.503 e. The van der Waals surface area contributed by atoms with Gasteiger partial charge in [-0.25, -0.2) is 13.6 Å². The Balaban J connectivity index is 3.15. The van der Waals surface area contributed by atoms with E-state index in [-0.39, 0.29) is 17.7 Å². The molecule has 0 amide bonds. The zero-order chi connectivity index (χ0) is 12.8. The van der Waals surface area contributed by atoms with Crippen molar-refractivity contribution in [2.45, 2.75) is 6.92 Å². The lowest BCUT2D eigenvalue weighted by Crippen LogP contribution is -2.08. The maximum Gasteiger partial charge on any atom is 0.341 e. The standard InChI is InChI=1S/C12H12F2O3/c1-3-17-12(15)10(7-16-2)9-5-4-8(13)6-11(9)14/h4-7H,3H2,1-2H3/b10-7-. The molecular weight excluding hydrogens is 230 g/mol. The highest BCUT2D eigenvalue weighted by Gasteiger charge is 2.18. The first-order valence-electron chi connectivity index (χ1n) is 4.95. The van der Waals surface area contributed by atoms with Gasteiger partial charge < -0.3 is 9.47 Å². The van der Waals surface area contributed by atoms with Crippen LogP contribution >= 0.6 is 0 Å². The lowest BCUT2D eigenvalue weighted by atomic mass is 10.1. The summed E-state index contributed by atoms with van der Waals surface area (Å²) in [7, 11) is 1.32. The van der Waals surface area contributed by atoms with E-state index in [2.05, 4.69) is 4.74 Å². The number of ether oxygens (including phenoxy) is 2. The number of carbonyl (C=O) groups excluding carboxylic acids is 1. The second-order valence-electron chi connectivity index (χ2n) is 3.11. The van der Waals surface area contributed by atoms with Gasteiger partial charge in [-0.05, 0) is 19.1 Å². The summed E-state index contributed by atoms with van der Waals surface area (Å²) in [5.41, 5.74) is -0.154. The Hall–Kier alpha value is -1.91. The fourth-order valence-electron chi connectivity index (χ4n) is 1.26. The Labute approximate surface area is 97.7 Å². The molecule has 0 saturated carbocycles. The van der Waals surface area contributed by atoms with Gasteiger partial charge in [-0.3, -0.25) is 0 Å². The number of carbonyl (C=O) groups is 1. The van der Waals surface area contributed by atoms with Crippen LogP contribution in [0.15, 0.2) is 24.5 Å². The molecule has 0 aliphatic heterocycles. The van der Waals surface area contributed by atoms with E-state index in [1.807, 2.05) is 0 Å². The zero-order valence-electron chi connectivity index (χ0n) is 9.50. The minimum Gasteiger partial charge on any atom is -0.503 e. The minimum atomic E-state index is -0.846. The van der Waals surface area contributed by atoms with Crippen LogP contribution in [0.5, 0.6) is 0 Å². The van der Waals surface area contributed by atoms with Gasteiger partial charge in [0.05, 0.1) is 20.0 Å². The van der Waals surface area contributed by atoms with Gasteiger partial charge in [0.15, 0.2) is 0 Å². The summed E-state index contributed by atoms with van der Waals surface area (Å²) in [6.45, 7) is 1.78. The quantitative estimate of drug-likeness (QED) is 0.462. The first-order chi connectivity index (χ1) is 8.10. The average molecular weight is 242 g/mol. The van der Waals surface area contributed by atoms with Crippen molar-refractivity contribution in [3.8, 4) is 0 Å². The molecule has 3 nitrogen and oxygen atoms in total. The third kappa shape index (κ3) is 3.27. The first-order valence-corrected chi connectivity index (χ1v) is 4.95. The molecule has 0 bridgehead atoms. The molecule has 1 aromatic carbocycles. The molecule has 92 valence electrons. The molecule has 0 saturated heterocycles. The molecule has 17 heavy (non-hydrogen) atoms. The summed E-state index contributed by atoms with van der Waals surface area (Å²) in [6, 6.07) is 2.91. The van der Waals surface area contributed by atoms with Crippen molar-refractivity contribution in [2.75, 3.05) is 13.7 Å². The van der Waals surface area contributed by atoms with E-state index >= 15 is 0 Å². The Kier molecular flexibility index (Phi) is 4.63. The molecule has 0 atom stereocenters. The number of hydrogen-bond donors (Lipinski definition) is 0. The van der Waals surface area contributed by atoms with E-state index in [1.54, 1.807) is 6.92 Å². The highest BCUT2D eigenvalue weighted by molar-refractivity contribution is 6.16. The number of methoxy groups -OCH3 is 1. The highest BCUT2D eigenvalue weighted by Crippen LogP contribution is 2.20. The molecular formula is C12H12F2O3. The lowest BCUT2D eigenvalue weighted by molar-refractivity contribution is -0.136. The van der Waals surface area contributed by atoms with E-state index in [4.69, 9.17) is 4.74 Å². The van der Waals surface area contributed by atoms with Crippen LogP contribution in [0.25, 0.3) is 5.57 Å². The summed E-state index contributed by atoms with van der Waals surface area (Å²) >= 11 is 0. The second-order valence-corrected chi connectivity index (χ2v) is 3.11. The third-order valence-electron chi connectivity index (χ3n) is 1.95. The van der Waals surface area contributed by atoms with E-state index in [0.29, 0.717) is 6.07 Å². The maximum atomic E-state index is 13.5. The van der Waals surface area contributed by atoms with Gasteiger partial charge in [-0.1, -0.05) is 0 Å². The van der Waals surface area contributed by atoms with Crippen LogP contribution < -0.4 is 0 Å². The second kappa shape index (κ2) is 5.98. The number of halogens is 2. The fourth-order valence-corrected chi connectivity index (χ4v) is 1.26. The van der Waals surface area contributed by atoms with Crippen LogP contribution in [-0.2, 0) is 14.3 Å². The van der Waals surface area contributed by atoms with Gasteiger partial charge in [-0.15, -0.1) is 0 Å². The molecule has 0 aromatic heterocycles. The summed E-state index contributed by atoms with van der Waals surface area (Å²) in [5, 5.41) is 0. The zero-order valence-corrected chi connectivity index (χ0v) is 9.50. The molecule has 0 unspecified atom stereocenters. The minimum absolute atomic E-state index is 0.0632. The Morgan fingerprint density at radius 3 is 2.65 bits per heavy atom. The van der Waals surface area contributed by atoms with Crippen LogP contribution in [0.4, 0.5) is 8.78 Å². The van der Waals surface area contributed by atoms with Crippen LogP contribution in [0.1, 0.15) is 12.5 Å². The van der Waals surface area contributed by atoms with Crippen molar-refractivity contribution in [2.24, 2.45) is 0 Å². The van der Waals surface area contributed by atoms with E-state index in [0.717, 1.165) is 18.4 Å². The van der Waals surface area contributed by atoms with Crippen molar-refractivity contribution in [3.63, 3.8) is 0 Å². The first kappa shape index (κ1) is 13.2. The molecule has 1 aromatic rings. The van der Waals surface area contributed by atoms with Crippen molar-refractivity contribution in [1.29, 1.82) is 0 Å². The summed E-state index contributed by atoms with van der Waals surface area (Å²) in [5.74, 6) is -2.28. The van der Waals surface area contributed by atoms with Gasteiger partial charge in [0.2, 0.25) is 0 Å². The van der Waals surface area contributed by atoms with Gasteiger partial charge in [-0.2, -0.15) is 0 Å². The van der Waals surface area contributed by atoms with E-state index < -0.39 is 17.6 Å². The predicted octanol–water partition coefficient (Wildman–Crippen LogP) is 2.52. The molecule has 0 fully saturated rings.